The fourth-order valence-corrected chi connectivity index (χ4v) is 3.32. The summed E-state index contributed by atoms with van der Waals surface area (Å²) in [6.07, 6.45) is 0. The Hall–Kier alpha value is -2.90. The van der Waals surface area contributed by atoms with Gasteiger partial charge in [0.15, 0.2) is 0 Å². The Morgan fingerprint density at radius 1 is 0.962 bits per heavy atom. The molecule has 1 aliphatic heterocycles. The smallest absolute Gasteiger partial charge is 0.331 e. The molecule has 2 amide bonds. The van der Waals surface area contributed by atoms with Crippen molar-refractivity contribution in [3.63, 3.8) is 0 Å². The van der Waals surface area contributed by atoms with Crippen molar-refractivity contribution in [3.8, 4) is 0 Å². The summed E-state index contributed by atoms with van der Waals surface area (Å²) in [6.45, 7) is 5.18. The number of benzene rings is 1. The van der Waals surface area contributed by atoms with Crippen LogP contribution in [0.2, 0.25) is 0 Å². The molecule has 0 radical (unpaired) electrons. The van der Waals surface area contributed by atoms with Crippen LogP contribution in [-0.4, -0.2) is 56.9 Å². The Bertz CT molecular complexity index is 967. The summed E-state index contributed by atoms with van der Waals surface area (Å²) in [5.41, 5.74) is -0.360. The maximum atomic E-state index is 12.7. The molecule has 1 saturated heterocycles. The van der Waals surface area contributed by atoms with Gasteiger partial charge in [0.1, 0.15) is 6.54 Å². The van der Waals surface area contributed by atoms with E-state index in [1.807, 2.05) is 6.92 Å². The second-order valence-electron chi connectivity index (χ2n) is 6.32. The standard InChI is InChI=1S/C18H22N4O4/c1-3-21-15-7-5-4-6-14(15)17(25)22(18(21)26)12-16(24)20-10-8-19(9-11-20)13(2)23/h4-7H,3,8-12H2,1-2H3. The first-order chi connectivity index (χ1) is 12.4. The van der Waals surface area contributed by atoms with E-state index in [0.29, 0.717) is 43.6 Å². The van der Waals surface area contributed by atoms with Gasteiger partial charge in [-0.15, -0.1) is 0 Å². The zero-order valence-electron chi connectivity index (χ0n) is 15.0. The van der Waals surface area contributed by atoms with E-state index in [4.69, 9.17) is 0 Å². The van der Waals surface area contributed by atoms with Gasteiger partial charge in [0.25, 0.3) is 5.56 Å². The molecule has 0 bridgehead atoms. The molecule has 1 aliphatic rings. The highest BCUT2D eigenvalue weighted by Gasteiger charge is 2.24. The van der Waals surface area contributed by atoms with Crippen molar-refractivity contribution in [1.82, 2.24) is 18.9 Å². The van der Waals surface area contributed by atoms with Gasteiger partial charge in [-0.3, -0.25) is 23.5 Å². The first-order valence-electron chi connectivity index (χ1n) is 8.69. The monoisotopic (exact) mass is 358 g/mol. The van der Waals surface area contributed by atoms with Gasteiger partial charge in [-0.25, -0.2) is 4.79 Å². The Balaban J connectivity index is 1.90. The average Bonchev–Trinajstić information content (AvgIpc) is 2.65. The molecule has 138 valence electrons. The van der Waals surface area contributed by atoms with Gasteiger partial charge in [0.2, 0.25) is 11.8 Å². The minimum atomic E-state index is -0.480. The first-order valence-corrected chi connectivity index (χ1v) is 8.69. The molecule has 8 heteroatoms. The minimum absolute atomic E-state index is 0.0197. The summed E-state index contributed by atoms with van der Waals surface area (Å²) in [7, 11) is 0. The number of hydrogen-bond donors (Lipinski definition) is 0. The molecule has 0 atom stereocenters. The molecule has 3 rings (SSSR count). The van der Waals surface area contributed by atoms with Crippen LogP contribution in [0.25, 0.3) is 10.9 Å². The Kier molecular flexibility index (Phi) is 4.92. The Labute approximate surface area is 150 Å². The molecule has 2 heterocycles. The number of rotatable bonds is 3. The third-order valence-corrected chi connectivity index (χ3v) is 4.82. The number of aryl methyl sites for hydroxylation is 1. The van der Waals surface area contributed by atoms with Crippen molar-refractivity contribution < 1.29 is 9.59 Å². The highest BCUT2D eigenvalue weighted by atomic mass is 16.2. The third kappa shape index (κ3) is 3.14. The first kappa shape index (κ1) is 17.9. The van der Waals surface area contributed by atoms with Crippen LogP contribution in [0.1, 0.15) is 13.8 Å². The molecule has 0 spiro atoms. The van der Waals surface area contributed by atoms with Crippen molar-refractivity contribution >= 4 is 22.7 Å². The Morgan fingerprint density at radius 3 is 2.19 bits per heavy atom. The van der Waals surface area contributed by atoms with Gasteiger partial charge in [-0.2, -0.15) is 0 Å². The van der Waals surface area contributed by atoms with Crippen LogP contribution in [0, 0.1) is 0 Å². The summed E-state index contributed by atoms with van der Waals surface area (Å²) >= 11 is 0. The molecule has 0 N–H and O–H groups in total. The van der Waals surface area contributed by atoms with Gasteiger partial charge in [-0.1, -0.05) is 12.1 Å². The summed E-state index contributed by atoms with van der Waals surface area (Å²) < 4.78 is 2.50. The van der Waals surface area contributed by atoms with Crippen molar-refractivity contribution in [3.05, 3.63) is 45.1 Å². The van der Waals surface area contributed by atoms with Crippen molar-refractivity contribution in [2.45, 2.75) is 26.9 Å². The molecule has 1 aromatic carbocycles. The lowest BCUT2D eigenvalue weighted by Crippen LogP contribution is -2.52. The Morgan fingerprint density at radius 2 is 1.58 bits per heavy atom. The summed E-state index contributed by atoms with van der Waals surface area (Å²) in [5, 5.41) is 0.420. The van der Waals surface area contributed by atoms with Gasteiger partial charge in [0, 0.05) is 39.6 Å². The number of fused-ring (bicyclic) bond motifs is 1. The lowest BCUT2D eigenvalue weighted by Gasteiger charge is -2.34. The molecule has 1 aromatic heterocycles. The molecule has 8 nitrogen and oxygen atoms in total. The lowest BCUT2D eigenvalue weighted by molar-refractivity contribution is -0.138. The zero-order chi connectivity index (χ0) is 18.8. The largest absolute Gasteiger partial charge is 0.339 e. The van der Waals surface area contributed by atoms with E-state index in [0.717, 1.165) is 4.57 Å². The van der Waals surface area contributed by atoms with Crippen molar-refractivity contribution in [2.24, 2.45) is 0 Å². The van der Waals surface area contributed by atoms with Crippen LogP contribution in [0.4, 0.5) is 0 Å². The van der Waals surface area contributed by atoms with Crippen molar-refractivity contribution in [1.29, 1.82) is 0 Å². The highest BCUT2D eigenvalue weighted by Crippen LogP contribution is 2.08. The van der Waals surface area contributed by atoms with Crippen molar-refractivity contribution in [2.75, 3.05) is 26.2 Å². The van der Waals surface area contributed by atoms with E-state index >= 15 is 0 Å². The van der Waals surface area contributed by atoms with E-state index < -0.39 is 11.2 Å². The topological polar surface area (TPSA) is 84.6 Å². The van der Waals surface area contributed by atoms with Crippen LogP contribution in [0.5, 0.6) is 0 Å². The second kappa shape index (κ2) is 7.15. The number of piperazine rings is 1. The van der Waals surface area contributed by atoms with Crippen LogP contribution in [-0.2, 0) is 22.7 Å². The number of nitrogens with zero attached hydrogens (tertiary/aromatic N) is 4. The van der Waals surface area contributed by atoms with Gasteiger partial charge >= 0.3 is 5.69 Å². The second-order valence-corrected chi connectivity index (χ2v) is 6.32. The summed E-state index contributed by atoms with van der Waals surface area (Å²) in [5.74, 6) is -0.306. The van der Waals surface area contributed by atoms with E-state index in [-0.39, 0.29) is 18.4 Å². The van der Waals surface area contributed by atoms with Gasteiger partial charge < -0.3 is 9.80 Å². The summed E-state index contributed by atoms with van der Waals surface area (Å²) in [6, 6.07) is 6.91. The normalized spacial score (nSPS) is 14.7. The molecule has 0 unspecified atom stereocenters. The molecule has 2 aromatic rings. The predicted octanol–water partition coefficient (Wildman–Crippen LogP) is -0.126. The van der Waals surface area contributed by atoms with E-state index in [1.54, 1.807) is 34.1 Å². The predicted molar refractivity (Wildman–Crippen MR) is 97.0 cm³/mol. The van der Waals surface area contributed by atoms with Crippen LogP contribution < -0.4 is 11.2 Å². The van der Waals surface area contributed by atoms with Crippen LogP contribution in [0.3, 0.4) is 0 Å². The lowest BCUT2D eigenvalue weighted by atomic mass is 10.2. The number of aromatic nitrogens is 2. The van der Waals surface area contributed by atoms with Crippen LogP contribution >= 0.6 is 0 Å². The van der Waals surface area contributed by atoms with E-state index in [1.165, 1.54) is 11.5 Å². The van der Waals surface area contributed by atoms with E-state index in [9.17, 15) is 19.2 Å². The maximum absolute atomic E-state index is 12.7. The minimum Gasteiger partial charge on any atom is -0.339 e. The molecule has 1 fully saturated rings. The SMILES string of the molecule is CCn1c(=O)n(CC(=O)N2CCN(C(C)=O)CC2)c(=O)c2ccccc21. The zero-order valence-corrected chi connectivity index (χ0v) is 15.0. The number of carbonyl (C=O) groups excluding carboxylic acids is 2. The molecule has 26 heavy (non-hydrogen) atoms. The molecule has 0 aliphatic carbocycles. The molecule has 0 saturated carbocycles. The van der Waals surface area contributed by atoms with Gasteiger partial charge in [-0.05, 0) is 19.1 Å². The number of para-hydroxylation sites is 1. The van der Waals surface area contributed by atoms with Crippen LogP contribution in [0.15, 0.2) is 33.9 Å². The number of carbonyl (C=O) groups is 2. The fraction of sp³-hybridized carbons (Fsp3) is 0.444. The maximum Gasteiger partial charge on any atom is 0.331 e. The third-order valence-electron chi connectivity index (χ3n) is 4.82. The molecular weight excluding hydrogens is 336 g/mol. The number of hydrogen-bond acceptors (Lipinski definition) is 4. The molecular formula is C18H22N4O4. The highest BCUT2D eigenvalue weighted by molar-refractivity contribution is 5.80. The van der Waals surface area contributed by atoms with E-state index in [2.05, 4.69) is 0 Å². The number of amides is 2. The fourth-order valence-electron chi connectivity index (χ4n) is 3.32. The quantitative estimate of drug-likeness (QED) is 0.765. The summed E-state index contributed by atoms with van der Waals surface area (Å²) in [4.78, 5) is 52.7. The average molecular weight is 358 g/mol. The van der Waals surface area contributed by atoms with Gasteiger partial charge in [0.05, 0.1) is 10.9 Å².